The number of nitrogens with one attached hydrogen (secondary N) is 1. The maximum atomic E-state index is 12.4. The summed E-state index contributed by atoms with van der Waals surface area (Å²) in [5.74, 6) is -1.20. The number of aliphatic carboxylic acids is 1. The number of hydrogen-bond donors (Lipinski definition) is 2. The van der Waals surface area contributed by atoms with Crippen LogP contribution < -0.4 is 5.32 Å². The van der Waals surface area contributed by atoms with Crippen molar-refractivity contribution in [2.24, 2.45) is 0 Å². The molecule has 0 spiro atoms. The van der Waals surface area contributed by atoms with E-state index >= 15 is 0 Å². The predicted molar refractivity (Wildman–Crippen MR) is 108 cm³/mol. The molecule has 0 saturated carbocycles. The lowest BCUT2D eigenvalue weighted by molar-refractivity contribution is -0.137. The van der Waals surface area contributed by atoms with Gasteiger partial charge in [-0.25, -0.2) is 0 Å². The minimum Gasteiger partial charge on any atom is -0.481 e. The van der Waals surface area contributed by atoms with Crippen LogP contribution in [0, 0.1) is 0 Å². The maximum Gasteiger partial charge on any atom is 0.305 e. The monoisotopic (exact) mass is 384 g/mol. The van der Waals surface area contributed by atoms with Crippen molar-refractivity contribution in [3.05, 3.63) is 65.1 Å². The fourth-order valence-corrected chi connectivity index (χ4v) is 3.71. The topological polar surface area (TPSA) is 69.6 Å². The Bertz CT molecular complexity index is 864. The van der Waals surface area contributed by atoms with Gasteiger partial charge in [0.05, 0.1) is 11.3 Å². The molecule has 0 unspecified atom stereocenters. The normalized spacial score (nSPS) is 15.5. The summed E-state index contributed by atoms with van der Waals surface area (Å²) in [5, 5.41) is 12.1. The van der Waals surface area contributed by atoms with Gasteiger partial charge in [-0.05, 0) is 35.9 Å². The molecule has 26 heavy (non-hydrogen) atoms. The van der Waals surface area contributed by atoms with Crippen LogP contribution in [0.1, 0.15) is 12.0 Å². The molecule has 0 bridgehead atoms. The molecule has 0 aliphatic carbocycles. The van der Waals surface area contributed by atoms with Crippen molar-refractivity contribution < 1.29 is 14.7 Å². The number of para-hydroxylation sites is 1. The summed E-state index contributed by atoms with van der Waals surface area (Å²) in [7, 11) is 0. The van der Waals surface area contributed by atoms with Crippen LogP contribution in [0.3, 0.4) is 0 Å². The molecule has 7 heteroatoms. The van der Waals surface area contributed by atoms with Gasteiger partial charge in [0, 0.05) is 17.9 Å². The van der Waals surface area contributed by atoms with Gasteiger partial charge in [-0.1, -0.05) is 54.3 Å². The number of thiocarbonyl (C=S) groups is 1. The van der Waals surface area contributed by atoms with Gasteiger partial charge in [-0.3, -0.25) is 14.5 Å². The number of carbonyl (C=O) groups excluding carboxylic acids is 1. The second-order valence-electron chi connectivity index (χ2n) is 5.59. The molecule has 1 aliphatic heterocycles. The van der Waals surface area contributed by atoms with Crippen LogP contribution in [0.15, 0.2) is 59.5 Å². The Kier molecular flexibility index (Phi) is 5.70. The number of anilines is 2. The molecule has 1 heterocycles. The molecule has 1 amide bonds. The Hall–Kier alpha value is -2.64. The van der Waals surface area contributed by atoms with E-state index in [0.29, 0.717) is 9.23 Å². The molecule has 1 fully saturated rings. The minimum absolute atomic E-state index is 0.0945. The number of nitrogens with zero attached hydrogens (tertiary/aromatic N) is 1. The maximum absolute atomic E-state index is 12.4. The summed E-state index contributed by atoms with van der Waals surface area (Å²) in [6.07, 6.45) is 1.64. The van der Waals surface area contributed by atoms with Crippen LogP contribution in [-0.4, -0.2) is 32.7 Å². The third kappa shape index (κ3) is 4.50. The highest BCUT2D eigenvalue weighted by Crippen LogP contribution is 2.32. The van der Waals surface area contributed by atoms with Crippen molar-refractivity contribution in [1.29, 1.82) is 0 Å². The molecule has 2 N–H and O–H groups in total. The molecule has 0 atom stereocenters. The number of benzene rings is 2. The zero-order valence-electron chi connectivity index (χ0n) is 13.7. The van der Waals surface area contributed by atoms with Crippen LogP contribution >= 0.6 is 24.0 Å². The summed E-state index contributed by atoms with van der Waals surface area (Å²) in [6, 6.07) is 17.5. The number of carboxylic acid groups (broad SMARTS) is 1. The Morgan fingerprint density at radius 3 is 2.42 bits per heavy atom. The molecule has 0 aromatic heterocycles. The van der Waals surface area contributed by atoms with Gasteiger partial charge in [0.25, 0.3) is 5.91 Å². The molecular formula is C19H16N2O3S2. The zero-order valence-corrected chi connectivity index (χ0v) is 15.3. The number of rotatable bonds is 6. The molecule has 5 nitrogen and oxygen atoms in total. The van der Waals surface area contributed by atoms with Crippen LogP contribution in [-0.2, 0) is 9.59 Å². The fraction of sp³-hybridized carbons (Fsp3) is 0.105. The van der Waals surface area contributed by atoms with Gasteiger partial charge in [0.2, 0.25) is 0 Å². The lowest BCUT2D eigenvalue weighted by atomic mass is 10.2. The highest BCUT2D eigenvalue weighted by Gasteiger charge is 2.31. The van der Waals surface area contributed by atoms with Gasteiger partial charge in [-0.15, -0.1) is 0 Å². The lowest BCUT2D eigenvalue weighted by Crippen LogP contribution is -2.30. The van der Waals surface area contributed by atoms with E-state index in [1.807, 2.05) is 54.6 Å². The second kappa shape index (κ2) is 8.16. The quantitative estimate of drug-likeness (QED) is 0.577. The van der Waals surface area contributed by atoms with Crippen molar-refractivity contribution in [3.63, 3.8) is 0 Å². The highest BCUT2D eigenvalue weighted by atomic mass is 32.2. The van der Waals surface area contributed by atoms with Crippen molar-refractivity contribution in [1.82, 2.24) is 4.90 Å². The van der Waals surface area contributed by atoms with Crippen LogP contribution in [0.5, 0.6) is 0 Å². The zero-order chi connectivity index (χ0) is 18.5. The summed E-state index contributed by atoms with van der Waals surface area (Å²) >= 11 is 6.38. The van der Waals surface area contributed by atoms with E-state index in [4.69, 9.17) is 17.3 Å². The number of hydrogen-bond acceptors (Lipinski definition) is 5. The van der Waals surface area contributed by atoms with Crippen molar-refractivity contribution in [2.75, 3.05) is 11.9 Å². The Balaban J connectivity index is 1.69. The third-order valence-electron chi connectivity index (χ3n) is 3.69. The predicted octanol–water partition coefficient (Wildman–Crippen LogP) is 4.11. The summed E-state index contributed by atoms with van der Waals surface area (Å²) in [4.78, 5) is 24.9. The Morgan fingerprint density at radius 2 is 1.77 bits per heavy atom. The first-order valence-electron chi connectivity index (χ1n) is 7.92. The van der Waals surface area contributed by atoms with E-state index in [2.05, 4.69) is 5.32 Å². The largest absolute Gasteiger partial charge is 0.481 e. The fourth-order valence-electron chi connectivity index (χ4n) is 2.40. The Labute approximate surface area is 160 Å². The summed E-state index contributed by atoms with van der Waals surface area (Å²) in [5.41, 5.74) is 2.82. The number of thioether (sulfide) groups is 1. The first-order valence-corrected chi connectivity index (χ1v) is 9.15. The van der Waals surface area contributed by atoms with Gasteiger partial charge in [-0.2, -0.15) is 0 Å². The first kappa shape index (κ1) is 18.2. The number of amides is 1. The SMILES string of the molecule is O=C(O)CCN1C(=O)/C(=C\c2ccc(Nc3ccccc3)cc2)SC1=S. The molecule has 0 radical (unpaired) electrons. The van der Waals surface area contributed by atoms with Crippen LogP contribution in [0.25, 0.3) is 6.08 Å². The average molecular weight is 384 g/mol. The molecular weight excluding hydrogens is 368 g/mol. The van der Waals surface area contributed by atoms with E-state index < -0.39 is 5.97 Å². The smallest absolute Gasteiger partial charge is 0.305 e. The van der Waals surface area contributed by atoms with Crippen LogP contribution in [0.4, 0.5) is 11.4 Å². The van der Waals surface area contributed by atoms with Gasteiger partial charge in [0.1, 0.15) is 4.32 Å². The standard InChI is InChI=1S/C19H16N2O3S2/c22-17(23)10-11-21-18(24)16(26-19(21)25)12-13-6-8-15(9-7-13)20-14-4-2-1-3-5-14/h1-9,12,20H,10-11H2,(H,22,23)/b16-12+. The van der Waals surface area contributed by atoms with E-state index in [1.165, 1.54) is 16.7 Å². The highest BCUT2D eigenvalue weighted by molar-refractivity contribution is 8.26. The summed E-state index contributed by atoms with van der Waals surface area (Å²) < 4.78 is 0.393. The second-order valence-corrected chi connectivity index (χ2v) is 7.27. The third-order valence-corrected chi connectivity index (χ3v) is 5.07. The number of carboxylic acids is 1. The molecule has 1 aliphatic rings. The van der Waals surface area contributed by atoms with Crippen molar-refractivity contribution >= 4 is 57.6 Å². The van der Waals surface area contributed by atoms with Gasteiger partial charge in [0.15, 0.2) is 0 Å². The van der Waals surface area contributed by atoms with Gasteiger partial charge >= 0.3 is 5.97 Å². The van der Waals surface area contributed by atoms with Gasteiger partial charge < -0.3 is 10.4 Å². The number of carbonyl (C=O) groups is 2. The average Bonchev–Trinajstić information content (AvgIpc) is 2.89. The Morgan fingerprint density at radius 1 is 1.12 bits per heavy atom. The van der Waals surface area contributed by atoms with E-state index in [-0.39, 0.29) is 18.9 Å². The summed E-state index contributed by atoms with van der Waals surface area (Å²) in [6.45, 7) is 0.0945. The molecule has 2 aromatic rings. The first-order chi connectivity index (χ1) is 12.5. The molecule has 1 saturated heterocycles. The van der Waals surface area contributed by atoms with E-state index in [1.54, 1.807) is 6.08 Å². The van der Waals surface area contributed by atoms with Crippen molar-refractivity contribution in [2.45, 2.75) is 6.42 Å². The lowest BCUT2D eigenvalue weighted by Gasteiger charge is -2.12. The van der Waals surface area contributed by atoms with Crippen molar-refractivity contribution in [3.8, 4) is 0 Å². The van der Waals surface area contributed by atoms with Crippen LogP contribution in [0.2, 0.25) is 0 Å². The van der Waals surface area contributed by atoms with E-state index in [0.717, 1.165) is 16.9 Å². The molecule has 2 aromatic carbocycles. The van der Waals surface area contributed by atoms with E-state index in [9.17, 15) is 9.59 Å². The molecule has 3 rings (SSSR count). The molecule has 132 valence electrons. The minimum atomic E-state index is -0.954.